The summed E-state index contributed by atoms with van der Waals surface area (Å²) in [6, 6.07) is 16.2. The number of hydrogen-bond acceptors (Lipinski definition) is 1. The van der Waals surface area contributed by atoms with Gasteiger partial charge in [-0.1, -0.05) is 46.3 Å². The molecule has 0 saturated carbocycles. The lowest BCUT2D eigenvalue weighted by atomic mass is 10.0. The Kier molecular flexibility index (Phi) is 3.98. The van der Waals surface area contributed by atoms with E-state index in [1.807, 2.05) is 47.4 Å². The van der Waals surface area contributed by atoms with Gasteiger partial charge in [-0.3, -0.25) is 4.79 Å². The fraction of sp³-hybridized carbons (Fsp3) is 0.150. The molecule has 0 fully saturated rings. The minimum Gasteiger partial charge on any atom is -0.358 e. The van der Waals surface area contributed by atoms with E-state index in [1.165, 1.54) is 16.6 Å². The Balaban J connectivity index is 1.53. The summed E-state index contributed by atoms with van der Waals surface area (Å²) in [5.74, 6) is 0.0637. The molecule has 1 aromatic heterocycles. The highest BCUT2D eigenvalue weighted by molar-refractivity contribution is 9.10. The maximum Gasteiger partial charge on any atom is 0.246 e. The number of para-hydroxylation sites is 1. The first-order chi connectivity index (χ1) is 11.7. The molecule has 4 heteroatoms. The van der Waals surface area contributed by atoms with Crippen LogP contribution in [0.25, 0.3) is 17.0 Å². The van der Waals surface area contributed by atoms with Crippen LogP contribution in [-0.4, -0.2) is 22.3 Å². The van der Waals surface area contributed by atoms with E-state index >= 15 is 0 Å². The second-order valence-electron chi connectivity index (χ2n) is 6.02. The molecule has 120 valence electrons. The van der Waals surface area contributed by atoms with Crippen LogP contribution in [-0.2, 0) is 17.8 Å². The summed E-state index contributed by atoms with van der Waals surface area (Å²) in [5, 5.41) is 1.22. The summed E-state index contributed by atoms with van der Waals surface area (Å²) in [4.78, 5) is 17.9. The Morgan fingerprint density at radius 3 is 2.75 bits per heavy atom. The quantitative estimate of drug-likeness (QED) is 0.651. The van der Waals surface area contributed by atoms with Gasteiger partial charge in [-0.15, -0.1) is 0 Å². The fourth-order valence-electron chi connectivity index (χ4n) is 3.20. The number of H-pyrrole nitrogens is 1. The maximum atomic E-state index is 12.5. The lowest BCUT2D eigenvalue weighted by Gasteiger charge is -2.26. The van der Waals surface area contributed by atoms with Crippen LogP contribution >= 0.6 is 15.9 Å². The number of aromatic nitrogens is 1. The standard InChI is InChI=1S/C20H17BrN2O/c21-15-8-5-14(6-9-15)7-10-20(24)23-12-11-19-17(13-23)16-3-1-2-4-18(16)22-19/h1-10,22H,11-13H2/b10-7+. The lowest BCUT2D eigenvalue weighted by Crippen LogP contribution is -2.34. The van der Waals surface area contributed by atoms with Gasteiger partial charge in [-0.05, 0) is 29.8 Å². The second kappa shape index (κ2) is 6.29. The molecule has 1 aliphatic rings. The summed E-state index contributed by atoms with van der Waals surface area (Å²) < 4.78 is 1.04. The number of nitrogens with zero attached hydrogens (tertiary/aromatic N) is 1. The van der Waals surface area contributed by atoms with Crippen LogP contribution in [0.1, 0.15) is 16.8 Å². The first kappa shape index (κ1) is 15.2. The number of carbonyl (C=O) groups is 1. The minimum atomic E-state index is 0.0637. The number of rotatable bonds is 2. The van der Waals surface area contributed by atoms with Gasteiger partial charge < -0.3 is 9.88 Å². The van der Waals surface area contributed by atoms with Crippen molar-refractivity contribution in [1.29, 1.82) is 0 Å². The molecule has 4 rings (SSSR count). The zero-order chi connectivity index (χ0) is 16.5. The van der Waals surface area contributed by atoms with Gasteiger partial charge in [0, 0.05) is 52.2 Å². The molecule has 1 amide bonds. The van der Waals surface area contributed by atoms with Crippen molar-refractivity contribution in [2.45, 2.75) is 13.0 Å². The highest BCUT2D eigenvalue weighted by Crippen LogP contribution is 2.27. The van der Waals surface area contributed by atoms with E-state index in [9.17, 15) is 4.79 Å². The minimum absolute atomic E-state index is 0.0637. The van der Waals surface area contributed by atoms with Crippen molar-refractivity contribution < 1.29 is 4.79 Å². The highest BCUT2D eigenvalue weighted by atomic mass is 79.9. The molecule has 0 unspecified atom stereocenters. The normalized spacial score (nSPS) is 14.3. The summed E-state index contributed by atoms with van der Waals surface area (Å²) in [6.07, 6.45) is 4.42. The number of benzene rings is 2. The topological polar surface area (TPSA) is 36.1 Å². The van der Waals surface area contributed by atoms with Gasteiger partial charge in [0.1, 0.15) is 0 Å². The van der Waals surface area contributed by atoms with Gasteiger partial charge in [0.25, 0.3) is 0 Å². The SMILES string of the molecule is O=C(/C=C/c1ccc(Br)cc1)N1CCc2[nH]c3ccccc3c2C1. The van der Waals surface area contributed by atoms with Crippen LogP contribution in [0.5, 0.6) is 0 Å². The van der Waals surface area contributed by atoms with Crippen LogP contribution in [0.15, 0.2) is 59.1 Å². The van der Waals surface area contributed by atoms with Gasteiger partial charge in [0.05, 0.1) is 0 Å². The predicted octanol–water partition coefficient (Wildman–Crippen LogP) is 4.53. The monoisotopic (exact) mass is 380 g/mol. The van der Waals surface area contributed by atoms with Gasteiger partial charge in [-0.2, -0.15) is 0 Å². The van der Waals surface area contributed by atoms with Gasteiger partial charge in [0.2, 0.25) is 5.91 Å². The largest absolute Gasteiger partial charge is 0.358 e. The van der Waals surface area contributed by atoms with Crippen molar-refractivity contribution in [2.75, 3.05) is 6.54 Å². The van der Waals surface area contributed by atoms with Crippen molar-refractivity contribution in [3.63, 3.8) is 0 Å². The van der Waals surface area contributed by atoms with E-state index in [2.05, 4.69) is 33.0 Å². The summed E-state index contributed by atoms with van der Waals surface area (Å²) in [7, 11) is 0. The van der Waals surface area contributed by atoms with Gasteiger partial charge in [-0.25, -0.2) is 0 Å². The Morgan fingerprint density at radius 2 is 1.92 bits per heavy atom. The summed E-state index contributed by atoms with van der Waals surface area (Å²) in [5.41, 5.74) is 4.69. The maximum absolute atomic E-state index is 12.5. The average molecular weight is 381 g/mol. The third kappa shape index (κ3) is 2.89. The van der Waals surface area contributed by atoms with E-state index in [4.69, 9.17) is 0 Å². The van der Waals surface area contributed by atoms with Crippen LogP contribution in [0.3, 0.4) is 0 Å². The molecule has 0 bridgehead atoms. The van der Waals surface area contributed by atoms with Crippen molar-refractivity contribution in [2.24, 2.45) is 0 Å². The van der Waals surface area contributed by atoms with E-state index in [-0.39, 0.29) is 5.91 Å². The molecule has 0 aliphatic carbocycles. The molecular weight excluding hydrogens is 364 g/mol. The number of carbonyl (C=O) groups excluding carboxylic acids is 1. The molecule has 3 aromatic rings. The smallest absolute Gasteiger partial charge is 0.246 e. The van der Waals surface area contributed by atoms with Crippen molar-refractivity contribution in [3.05, 3.63) is 75.9 Å². The van der Waals surface area contributed by atoms with Gasteiger partial charge in [0.15, 0.2) is 0 Å². The molecule has 24 heavy (non-hydrogen) atoms. The van der Waals surface area contributed by atoms with E-state index in [0.717, 1.165) is 28.5 Å². The van der Waals surface area contributed by atoms with E-state index < -0.39 is 0 Å². The zero-order valence-electron chi connectivity index (χ0n) is 13.1. The molecule has 2 aromatic carbocycles. The van der Waals surface area contributed by atoms with E-state index in [0.29, 0.717) is 6.54 Å². The molecule has 1 N–H and O–H groups in total. The van der Waals surface area contributed by atoms with Gasteiger partial charge >= 0.3 is 0 Å². The fourth-order valence-corrected chi connectivity index (χ4v) is 3.47. The van der Waals surface area contributed by atoms with Crippen molar-refractivity contribution in [3.8, 4) is 0 Å². The lowest BCUT2D eigenvalue weighted by molar-refractivity contribution is -0.126. The molecule has 0 radical (unpaired) electrons. The Labute approximate surface area is 149 Å². The van der Waals surface area contributed by atoms with E-state index in [1.54, 1.807) is 6.08 Å². The summed E-state index contributed by atoms with van der Waals surface area (Å²) in [6.45, 7) is 1.42. The number of fused-ring (bicyclic) bond motifs is 3. The summed E-state index contributed by atoms with van der Waals surface area (Å²) >= 11 is 3.42. The second-order valence-corrected chi connectivity index (χ2v) is 6.94. The third-order valence-electron chi connectivity index (χ3n) is 4.48. The van der Waals surface area contributed by atoms with Crippen LogP contribution in [0.2, 0.25) is 0 Å². The first-order valence-electron chi connectivity index (χ1n) is 8.02. The molecule has 0 spiro atoms. The molecule has 1 aliphatic heterocycles. The first-order valence-corrected chi connectivity index (χ1v) is 8.81. The Hall–Kier alpha value is -2.33. The predicted molar refractivity (Wildman–Crippen MR) is 101 cm³/mol. The van der Waals surface area contributed by atoms with Crippen molar-refractivity contribution >= 4 is 38.8 Å². The molecule has 0 saturated heterocycles. The Morgan fingerprint density at radius 1 is 1.12 bits per heavy atom. The van der Waals surface area contributed by atoms with Crippen molar-refractivity contribution in [1.82, 2.24) is 9.88 Å². The molecular formula is C20H17BrN2O. The van der Waals surface area contributed by atoms with Crippen LogP contribution in [0.4, 0.5) is 0 Å². The average Bonchev–Trinajstić information content (AvgIpc) is 2.99. The third-order valence-corrected chi connectivity index (χ3v) is 5.01. The number of nitrogens with one attached hydrogen (secondary N) is 1. The number of halogens is 1. The number of aromatic amines is 1. The highest BCUT2D eigenvalue weighted by Gasteiger charge is 2.22. The molecule has 3 nitrogen and oxygen atoms in total. The van der Waals surface area contributed by atoms with Crippen LogP contribution < -0.4 is 0 Å². The number of hydrogen-bond donors (Lipinski definition) is 1. The van der Waals surface area contributed by atoms with Crippen LogP contribution in [0, 0.1) is 0 Å². The number of amides is 1. The zero-order valence-corrected chi connectivity index (χ0v) is 14.7. The molecule has 0 atom stereocenters. The molecule has 2 heterocycles. The Bertz CT molecular complexity index is 924.